The molecular weight excluding hydrogens is 196 g/mol. The molecule has 0 saturated carbocycles. The highest BCUT2D eigenvalue weighted by Crippen LogP contribution is 2.31. The fourth-order valence-corrected chi connectivity index (χ4v) is 2.07. The summed E-state index contributed by atoms with van der Waals surface area (Å²) in [6.45, 7) is 6.41. The van der Waals surface area contributed by atoms with Crippen molar-refractivity contribution < 1.29 is 4.79 Å². The number of hydrogen-bond acceptors (Lipinski definition) is 1. The van der Waals surface area contributed by atoms with Gasteiger partial charge in [0.2, 0.25) is 0 Å². The SMILES string of the molecule is CCCC(=O)CC(C)(CC)c1ccccc1. The van der Waals surface area contributed by atoms with Crippen LogP contribution in [0.5, 0.6) is 0 Å². The number of rotatable bonds is 6. The van der Waals surface area contributed by atoms with Gasteiger partial charge in [-0.15, -0.1) is 0 Å². The second kappa shape index (κ2) is 5.83. The van der Waals surface area contributed by atoms with Crippen LogP contribution in [0.15, 0.2) is 30.3 Å². The number of Topliss-reactive ketones (excluding diaryl/α,β-unsaturated/α-hetero) is 1. The number of carbonyl (C=O) groups excluding carboxylic acids is 1. The van der Waals surface area contributed by atoms with Gasteiger partial charge in [-0.3, -0.25) is 4.79 Å². The Balaban J connectivity index is 2.82. The molecule has 1 aromatic carbocycles. The smallest absolute Gasteiger partial charge is 0.133 e. The molecule has 1 heteroatoms. The first-order valence-corrected chi connectivity index (χ1v) is 6.19. The summed E-state index contributed by atoms with van der Waals surface area (Å²) in [5.41, 5.74) is 1.29. The van der Waals surface area contributed by atoms with Crippen molar-refractivity contribution >= 4 is 5.78 Å². The van der Waals surface area contributed by atoms with Crippen LogP contribution in [0.1, 0.15) is 52.0 Å². The molecule has 1 unspecified atom stereocenters. The zero-order chi connectivity index (χ0) is 12.0. The van der Waals surface area contributed by atoms with Crippen molar-refractivity contribution in [3.63, 3.8) is 0 Å². The third-order valence-electron chi connectivity index (χ3n) is 3.37. The van der Waals surface area contributed by atoms with Crippen LogP contribution in [0, 0.1) is 0 Å². The Labute approximate surface area is 98.9 Å². The second-order valence-corrected chi connectivity index (χ2v) is 4.75. The van der Waals surface area contributed by atoms with Gasteiger partial charge < -0.3 is 0 Å². The first-order valence-electron chi connectivity index (χ1n) is 6.19. The summed E-state index contributed by atoms with van der Waals surface area (Å²) >= 11 is 0. The fourth-order valence-electron chi connectivity index (χ4n) is 2.07. The lowest BCUT2D eigenvalue weighted by Crippen LogP contribution is -2.24. The topological polar surface area (TPSA) is 17.1 Å². The molecule has 16 heavy (non-hydrogen) atoms. The van der Waals surface area contributed by atoms with E-state index < -0.39 is 0 Å². The van der Waals surface area contributed by atoms with E-state index in [4.69, 9.17) is 0 Å². The molecule has 1 nitrogen and oxygen atoms in total. The van der Waals surface area contributed by atoms with Crippen LogP contribution in [0.2, 0.25) is 0 Å². The maximum absolute atomic E-state index is 11.8. The maximum atomic E-state index is 11.8. The number of ketones is 1. The Morgan fingerprint density at radius 1 is 1.19 bits per heavy atom. The highest BCUT2D eigenvalue weighted by atomic mass is 16.1. The van der Waals surface area contributed by atoms with Gasteiger partial charge in [-0.2, -0.15) is 0 Å². The minimum Gasteiger partial charge on any atom is -0.300 e. The molecule has 1 atom stereocenters. The van der Waals surface area contributed by atoms with Gasteiger partial charge in [-0.1, -0.05) is 51.1 Å². The van der Waals surface area contributed by atoms with Crippen LogP contribution in [0.3, 0.4) is 0 Å². The molecule has 1 aromatic rings. The van der Waals surface area contributed by atoms with Gasteiger partial charge in [-0.05, 0) is 23.8 Å². The Morgan fingerprint density at radius 3 is 2.31 bits per heavy atom. The van der Waals surface area contributed by atoms with E-state index >= 15 is 0 Å². The van der Waals surface area contributed by atoms with E-state index in [2.05, 4.69) is 32.9 Å². The van der Waals surface area contributed by atoms with Crippen molar-refractivity contribution in [1.82, 2.24) is 0 Å². The van der Waals surface area contributed by atoms with E-state index in [1.807, 2.05) is 18.2 Å². The molecule has 0 radical (unpaired) electrons. The van der Waals surface area contributed by atoms with E-state index in [1.54, 1.807) is 0 Å². The lowest BCUT2D eigenvalue weighted by atomic mass is 9.75. The van der Waals surface area contributed by atoms with Gasteiger partial charge in [0.1, 0.15) is 5.78 Å². The number of benzene rings is 1. The predicted octanol–water partition coefficient (Wildman–Crippen LogP) is 4.11. The van der Waals surface area contributed by atoms with E-state index in [-0.39, 0.29) is 5.41 Å². The Morgan fingerprint density at radius 2 is 1.81 bits per heavy atom. The minimum absolute atomic E-state index is 0.00745. The molecule has 0 aliphatic carbocycles. The maximum Gasteiger partial charge on any atom is 0.133 e. The van der Waals surface area contributed by atoms with Gasteiger partial charge in [0.25, 0.3) is 0 Å². The molecule has 0 saturated heterocycles. The van der Waals surface area contributed by atoms with E-state index in [0.29, 0.717) is 18.6 Å². The van der Waals surface area contributed by atoms with Gasteiger partial charge >= 0.3 is 0 Å². The summed E-state index contributed by atoms with van der Waals surface area (Å²) in [5, 5.41) is 0. The molecule has 0 aliphatic rings. The molecule has 1 rings (SSSR count). The molecule has 0 N–H and O–H groups in total. The van der Waals surface area contributed by atoms with E-state index in [1.165, 1.54) is 5.56 Å². The van der Waals surface area contributed by atoms with Crippen LogP contribution in [-0.4, -0.2) is 5.78 Å². The summed E-state index contributed by atoms with van der Waals surface area (Å²) in [5.74, 6) is 0.385. The molecule has 0 aliphatic heterocycles. The minimum atomic E-state index is 0.00745. The van der Waals surface area contributed by atoms with Gasteiger partial charge in [-0.25, -0.2) is 0 Å². The van der Waals surface area contributed by atoms with Gasteiger partial charge in [0.05, 0.1) is 0 Å². The van der Waals surface area contributed by atoms with Crippen molar-refractivity contribution in [2.45, 2.75) is 51.9 Å². The van der Waals surface area contributed by atoms with Crippen LogP contribution in [-0.2, 0) is 10.2 Å². The summed E-state index contributed by atoms with van der Waals surface area (Å²) in [6, 6.07) is 10.4. The van der Waals surface area contributed by atoms with Crippen molar-refractivity contribution in [3.05, 3.63) is 35.9 Å². The lowest BCUT2D eigenvalue weighted by Gasteiger charge is -2.28. The molecule has 0 fully saturated rings. The second-order valence-electron chi connectivity index (χ2n) is 4.75. The monoisotopic (exact) mass is 218 g/mol. The van der Waals surface area contributed by atoms with Crippen LogP contribution < -0.4 is 0 Å². The first-order chi connectivity index (χ1) is 7.62. The van der Waals surface area contributed by atoms with E-state index in [9.17, 15) is 4.79 Å². The molecule has 0 heterocycles. The third kappa shape index (κ3) is 3.19. The zero-order valence-electron chi connectivity index (χ0n) is 10.6. The summed E-state index contributed by atoms with van der Waals surface area (Å²) < 4.78 is 0. The molecule has 88 valence electrons. The predicted molar refractivity (Wildman–Crippen MR) is 68.6 cm³/mol. The normalized spacial score (nSPS) is 14.4. The third-order valence-corrected chi connectivity index (χ3v) is 3.37. The molecular formula is C15H22O. The van der Waals surface area contributed by atoms with Gasteiger partial charge in [0.15, 0.2) is 0 Å². The van der Waals surface area contributed by atoms with Crippen molar-refractivity contribution in [2.24, 2.45) is 0 Å². The molecule has 0 spiro atoms. The Bertz CT molecular complexity index is 329. The molecule has 0 amide bonds. The molecule has 0 bridgehead atoms. The molecule has 0 aromatic heterocycles. The summed E-state index contributed by atoms with van der Waals surface area (Å²) in [6.07, 6.45) is 3.34. The van der Waals surface area contributed by atoms with Crippen LogP contribution >= 0.6 is 0 Å². The van der Waals surface area contributed by atoms with E-state index in [0.717, 1.165) is 12.8 Å². The summed E-state index contributed by atoms with van der Waals surface area (Å²) in [7, 11) is 0. The van der Waals surface area contributed by atoms with Crippen LogP contribution in [0.4, 0.5) is 0 Å². The zero-order valence-corrected chi connectivity index (χ0v) is 10.6. The Hall–Kier alpha value is -1.11. The lowest BCUT2D eigenvalue weighted by molar-refractivity contribution is -0.120. The number of carbonyl (C=O) groups is 1. The van der Waals surface area contributed by atoms with Crippen molar-refractivity contribution in [3.8, 4) is 0 Å². The highest BCUT2D eigenvalue weighted by molar-refractivity contribution is 5.79. The Kier molecular flexibility index (Phi) is 4.72. The van der Waals surface area contributed by atoms with Crippen molar-refractivity contribution in [1.29, 1.82) is 0 Å². The fraction of sp³-hybridized carbons (Fsp3) is 0.533. The number of hydrogen-bond donors (Lipinski definition) is 0. The largest absolute Gasteiger partial charge is 0.300 e. The standard InChI is InChI=1S/C15H22O/c1-4-9-14(16)12-15(3,5-2)13-10-7-6-8-11-13/h6-8,10-11H,4-5,9,12H2,1-3H3. The first kappa shape index (κ1) is 13.0. The quantitative estimate of drug-likeness (QED) is 0.702. The highest BCUT2D eigenvalue weighted by Gasteiger charge is 2.26. The average Bonchev–Trinajstić information content (AvgIpc) is 2.30. The average molecular weight is 218 g/mol. The van der Waals surface area contributed by atoms with Crippen molar-refractivity contribution in [2.75, 3.05) is 0 Å². The van der Waals surface area contributed by atoms with Crippen LogP contribution in [0.25, 0.3) is 0 Å². The van der Waals surface area contributed by atoms with Gasteiger partial charge in [0, 0.05) is 12.8 Å². The summed E-state index contributed by atoms with van der Waals surface area (Å²) in [4.78, 5) is 11.8.